The van der Waals surface area contributed by atoms with E-state index in [-0.39, 0.29) is 24.2 Å². The largest absolute Gasteiger partial charge is 0.385 e. The molecule has 1 aromatic heterocycles. The number of carbonyl (C=O) groups is 1. The van der Waals surface area contributed by atoms with Crippen molar-refractivity contribution >= 4 is 17.2 Å². The van der Waals surface area contributed by atoms with Crippen LogP contribution in [-0.4, -0.2) is 36.6 Å². The average Bonchev–Trinajstić information content (AvgIpc) is 3.10. The molecule has 0 radical (unpaired) electrons. The minimum absolute atomic E-state index is 0.0115. The van der Waals surface area contributed by atoms with Crippen LogP contribution in [0.15, 0.2) is 16.8 Å². The highest BCUT2D eigenvalue weighted by atomic mass is 32.1. The molecule has 0 aromatic carbocycles. The van der Waals surface area contributed by atoms with E-state index in [4.69, 9.17) is 4.74 Å². The fraction of sp³-hybridized carbons (Fsp3) is 0.688. The van der Waals surface area contributed by atoms with Gasteiger partial charge in [-0.2, -0.15) is 11.3 Å². The van der Waals surface area contributed by atoms with E-state index in [2.05, 4.69) is 36.0 Å². The molecule has 2 rings (SSSR count). The molecule has 0 bridgehead atoms. The number of nitrogens with zero attached hydrogens (tertiary/aromatic N) is 1. The van der Waals surface area contributed by atoms with Gasteiger partial charge in [-0.25, -0.2) is 0 Å². The molecule has 1 aliphatic rings. The molecule has 21 heavy (non-hydrogen) atoms. The van der Waals surface area contributed by atoms with Crippen LogP contribution in [0.3, 0.4) is 0 Å². The van der Waals surface area contributed by atoms with Gasteiger partial charge in [-0.15, -0.1) is 0 Å². The topological polar surface area (TPSA) is 41.6 Å². The van der Waals surface area contributed by atoms with Gasteiger partial charge in [0.1, 0.15) is 6.17 Å². The van der Waals surface area contributed by atoms with Crippen molar-refractivity contribution in [3.63, 3.8) is 0 Å². The first-order chi connectivity index (χ1) is 10.2. The van der Waals surface area contributed by atoms with Crippen molar-refractivity contribution < 1.29 is 9.53 Å². The predicted molar refractivity (Wildman–Crippen MR) is 86.3 cm³/mol. The third kappa shape index (κ3) is 3.84. The van der Waals surface area contributed by atoms with Crippen molar-refractivity contribution in [1.82, 2.24) is 10.2 Å². The van der Waals surface area contributed by atoms with E-state index >= 15 is 0 Å². The summed E-state index contributed by atoms with van der Waals surface area (Å²) in [4.78, 5) is 14.8. The Hall–Kier alpha value is -0.910. The molecule has 0 aliphatic carbocycles. The Balaban J connectivity index is 2.13. The summed E-state index contributed by atoms with van der Waals surface area (Å²) in [5, 5.41) is 7.72. The van der Waals surface area contributed by atoms with Gasteiger partial charge in [0.15, 0.2) is 0 Å². The third-order valence-corrected chi connectivity index (χ3v) is 4.81. The fourth-order valence-electron chi connectivity index (χ4n) is 2.85. The number of hydrogen-bond donors (Lipinski definition) is 1. The van der Waals surface area contributed by atoms with E-state index in [1.54, 1.807) is 18.4 Å². The van der Waals surface area contributed by atoms with Crippen molar-refractivity contribution in [2.75, 3.05) is 13.7 Å². The molecule has 1 fully saturated rings. The van der Waals surface area contributed by atoms with E-state index in [1.807, 2.05) is 4.90 Å². The summed E-state index contributed by atoms with van der Waals surface area (Å²) in [7, 11) is 1.71. The number of unbranched alkanes of at least 4 members (excludes halogenated alkanes) is 1. The van der Waals surface area contributed by atoms with Gasteiger partial charge >= 0.3 is 0 Å². The maximum atomic E-state index is 12.7. The molecule has 3 unspecified atom stereocenters. The second-order valence-corrected chi connectivity index (χ2v) is 6.48. The number of thiophene rings is 1. The SMILES string of the molecule is CCCCC1NC(c2ccsc2)N(C(C)CCOC)C1=O. The second kappa shape index (κ2) is 7.92. The van der Waals surface area contributed by atoms with E-state index in [1.165, 1.54) is 5.56 Å². The molecule has 1 aliphatic heterocycles. The molecule has 5 heteroatoms. The van der Waals surface area contributed by atoms with Crippen LogP contribution < -0.4 is 5.32 Å². The molecule has 4 nitrogen and oxygen atoms in total. The lowest BCUT2D eigenvalue weighted by molar-refractivity contribution is -0.132. The third-order valence-electron chi connectivity index (χ3n) is 4.11. The van der Waals surface area contributed by atoms with Gasteiger partial charge < -0.3 is 9.64 Å². The minimum atomic E-state index is -0.0418. The second-order valence-electron chi connectivity index (χ2n) is 5.70. The molecule has 2 heterocycles. The average molecular weight is 310 g/mol. The number of hydrogen-bond acceptors (Lipinski definition) is 4. The van der Waals surface area contributed by atoms with Gasteiger partial charge in [0, 0.05) is 19.8 Å². The maximum absolute atomic E-state index is 12.7. The first-order valence-electron chi connectivity index (χ1n) is 7.78. The lowest BCUT2D eigenvalue weighted by Crippen LogP contribution is -2.39. The predicted octanol–water partition coefficient (Wildman–Crippen LogP) is 3.16. The molecule has 118 valence electrons. The Morgan fingerprint density at radius 2 is 2.33 bits per heavy atom. The quantitative estimate of drug-likeness (QED) is 0.802. The van der Waals surface area contributed by atoms with Crippen LogP contribution in [-0.2, 0) is 9.53 Å². The number of methoxy groups -OCH3 is 1. The van der Waals surface area contributed by atoms with Crippen molar-refractivity contribution in [2.45, 2.75) is 57.8 Å². The molecule has 3 atom stereocenters. The summed E-state index contributed by atoms with van der Waals surface area (Å²) >= 11 is 1.68. The fourth-order valence-corrected chi connectivity index (χ4v) is 3.53. The highest BCUT2D eigenvalue weighted by molar-refractivity contribution is 7.07. The number of nitrogens with one attached hydrogen (secondary N) is 1. The number of rotatable bonds is 8. The molecular weight excluding hydrogens is 284 g/mol. The lowest BCUT2D eigenvalue weighted by Gasteiger charge is -2.30. The minimum Gasteiger partial charge on any atom is -0.385 e. The Morgan fingerprint density at radius 3 is 2.95 bits per heavy atom. The number of carbonyl (C=O) groups excluding carboxylic acids is 1. The van der Waals surface area contributed by atoms with Crippen LogP contribution in [0.25, 0.3) is 0 Å². The van der Waals surface area contributed by atoms with Crippen LogP contribution in [0.4, 0.5) is 0 Å². The van der Waals surface area contributed by atoms with Gasteiger partial charge in [-0.05, 0) is 42.2 Å². The Morgan fingerprint density at radius 1 is 1.52 bits per heavy atom. The van der Waals surface area contributed by atoms with Crippen molar-refractivity contribution in [3.8, 4) is 0 Å². The monoisotopic (exact) mass is 310 g/mol. The van der Waals surface area contributed by atoms with Crippen molar-refractivity contribution in [1.29, 1.82) is 0 Å². The van der Waals surface area contributed by atoms with Crippen molar-refractivity contribution in [3.05, 3.63) is 22.4 Å². The van der Waals surface area contributed by atoms with E-state index in [9.17, 15) is 4.79 Å². The first-order valence-corrected chi connectivity index (χ1v) is 8.72. The molecule has 1 saturated heterocycles. The molecule has 0 saturated carbocycles. The number of amides is 1. The zero-order valence-corrected chi connectivity index (χ0v) is 14.0. The Bertz CT molecular complexity index is 435. The van der Waals surface area contributed by atoms with Crippen LogP contribution in [0.5, 0.6) is 0 Å². The van der Waals surface area contributed by atoms with E-state index in [0.717, 1.165) is 25.7 Å². The summed E-state index contributed by atoms with van der Waals surface area (Å²) < 4.78 is 5.17. The van der Waals surface area contributed by atoms with Gasteiger partial charge in [0.25, 0.3) is 0 Å². The van der Waals surface area contributed by atoms with Crippen LogP contribution in [0.1, 0.15) is 51.3 Å². The summed E-state index contributed by atoms with van der Waals surface area (Å²) in [5.74, 6) is 0.239. The zero-order chi connectivity index (χ0) is 15.2. The molecule has 0 spiro atoms. The first kappa shape index (κ1) is 16.5. The summed E-state index contributed by atoms with van der Waals surface area (Å²) in [5.41, 5.74) is 1.19. The smallest absolute Gasteiger partial charge is 0.241 e. The standard InChI is InChI=1S/C16H26N2O2S/c1-4-5-6-14-16(19)18(12(2)7-9-20-3)15(17-14)13-8-10-21-11-13/h8,10-12,14-15,17H,4-7,9H2,1-3H3. The molecular formula is C16H26N2O2S. The summed E-state index contributed by atoms with van der Waals surface area (Å²) in [6.45, 7) is 4.95. The van der Waals surface area contributed by atoms with Gasteiger partial charge in [-0.3, -0.25) is 10.1 Å². The van der Waals surface area contributed by atoms with Gasteiger partial charge in [0.2, 0.25) is 5.91 Å². The normalized spacial score (nSPS) is 23.8. The molecule has 1 aromatic rings. The number of ether oxygens (including phenoxy) is 1. The van der Waals surface area contributed by atoms with Crippen molar-refractivity contribution in [2.24, 2.45) is 0 Å². The highest BCUT2D eigenvalue weighted by Gasteiger charge is 2.41. The Kier molecular flexibility index (Phi) is 6.21. The van der Waals surface area contributed by atoms with Crippen LogP contribution >= 0.6 is 11.3 Å². The highest BCUT2D eigenvalue weighted by Crippen LogP contribution is 2.31. The van der Waals surface area contributed by atoms with Crippen LogP contribution in [0, 0.1) is 0 Å². The molecule has 1 amide bonds. The lowest BCUT2D eigenvalue weighted by atomic mass is 10.1. The molecule has 1 N–H and O–H groups in total. The Labute approximate surface area is 131 Å². The van der Waals surface area contributed by atoms with E-state index < -0.39 is 0 Å². The summed E-state index contributed by atoms with van der Waals surface area (Å²) in [6, 6.07) is 2.25. The van der Waals surface area contributed by atoms with Gasteiger partial charge in [0.05, 0.1) is 6.04 Å². The van der Waals surface area contributed by atoms with E-state index in [0.29, 0.717) is 6.61 Å². The zero-order valence-electron chi connectivity index (χ0n) is 13.2. The van der Waals surface area contributed by atoms with Gasteiger partial charge in [-0.1, -0.05) is 19.8 Å². The summed E-state index contributed by atoms with van der Waals surface area (Å²) in [6.07, 6.45) is 4.00. The van der Waals surface area contributed by atoms with Crippen LogP contribution in [0.2, 0.25) is 0 Å². The maximum Gasteiger partial charge on any atom is 0.241 e.